The molecule has 1 rings (SSSR count). The maximum Gasteiger partial charge on any atom is 0.301 e. The Morgan fingerprint density at radius 2 is 1.92 bits per heavy atom. The van der Waals surface area contributed by atoms with Crippen molar-refractivity contribution in [2.45, 2.75) is 47.0 Å². The summed E-state index contributed by atoms with van der Waals surface area (Å²) in [6, 6.07) is 3.45. The first-order chi connectivity index (χ1) is 11.3. The van der Waals surface area contributed by atoms with Crippen LogP contribution in [0.15, 0.2) is 23.3 Å². The molecule has 0 saturated carbocycles. The lowest BCUT2D eigenvalue weighted by Crippen LogP contribution is -2.10. The largest absolute Gasteiger partial charge is 0.301 e. The van der Waals surface area contributed by atoms with Gasteiger partial charge in [0.15, 0.2) is 0 Å². The Balaban J connectivity index is 2.81. The van der Waals surface area contributed by atoms with E-state index in [4.69, 9.17) is 0 Å². The molecule has 0 unspecified atom stereocenters. The van der Waals surface area contributed by atoms with Crippen LogP contribution in [0.4, 0.5) is 17.1 Å². The maximum atomic E-state index is 11.1. The molecule has 24 heavy (non-hydrogen) atoms. The van der Waals surface area contributed by atoms with E-state index in [1.807, 2.05) is 6.92 Å². The van der Waals surface area contributed by atoms with Crippen molar-refractivity contribution in [3.8, 4) is 0 Å². The van der Waals surface area contributed by atoms with Crippen molar-refractivity contribution in [2.75, 3.05) is 5.43 Å². The Labute approximate surface area is 141 Å². The highest BCUT2D eigenvalue weighted by Gasteiger charge is 2.19. The van der Waals surface area contributed by atoms with E-state index in [9.17, 15) is 20.2 Å². The van der Waals surface area contributed by atoms with Crippen molar-refractivity contribution >= 4 is 22.8 Å². The lowest BCUT2D eigenvalue weighted by atomic mass is 9.88. The Morgan fingerprint density at radius 1 is 1.25 bits per heavy atom. The number of hydrazone groups is 1. The molecule has 1 N–H and O–H groups in total. The number of nitro benzene ring substituents is 2. The van der Waals surface area contributed by atoms with Gasteiger partial charge in [-0.2, -0.15) is 5.10 Å². The fraction of sp³-hybridized carbons (Fsp3) is 0.562. The molecule has 0 aliphatic carbocycles. The van der Waals surface area contributed by atoms with Crippen LogP contribution in [0.5, 0.6) is 0 Å². The van der Waals surface area contributed by atoms with Crippen molar-refractivity contribution < 1.29 is 9.85 Å². The van der Waals surface area contributed by atoms with E-state index in [-0.39, 0.29) is 17.1 Å². The summed E-state index contributed by atoms with van der Waals surface area (Å²) in [4.78, 5) is 20.5. The average Bonchev–Trinajstić information content (AvgIpc) is 2.52. The molecule has 0 bridgehead atoms. The van der Waals surface area contributed by atoms with Gasteiger partial charge in [-0.3, -0.25) is 25.7 Å². The summed E-state index contributed by atoms with van der Waals surface area (Å²) in [5.41, 5.74) is 2.94. The van der Waals surface area contributed by atoms with Crippen LogP contribution in [0, 0.1) is 32.1 Å². The minimum absolute atomic E-state index is 0.140. The van der Waals surface area contributed by atoms with Crippen molar-refractivity contribution in [3.05, 3.63) is 38.4 Å². The first kappa shape index (κ1) is 19.5. The van der Waals surface area contributed by atoms with Crippen molar-refractivity contribution in [1.82, 2.24) is 0 Å². The Kier molecular flexibility index (Phi) is 7.29. The average molecular weight is 336 g/mol. The highest BCUT2D eigenvalue weighted by molar-refractivity contribution is 5.83. The minimum atomic E-state index is -0.665. The van der Waals surface area contributed by atoms with Crippen LogP contribution >= 0.6 is 0 Å². The van der Waals surface area contributed by atoms with Gasteiger partial charge in [0.05, 0.1) is 15.9 Å². The first-order valence-electron chi connectivity index (χ1n) is 7.98. The molecular formula is C16H24N4O4. The topological polar surface area (TPSA) is 111 Å². The fourth-order valence-corrected chi connectivity index (χ4v) is 2.49. The number of nitro groups is 2. The lowest BCUT2D eigenvalue weighted by molar-refractivity contribution is -0.393. The smallest absolute Gasteiger partial charge is 0.272 e. The molecule has 8 nitrogen and oxygen atoms in total. The number of nitrogens with zero attached hydrogens (tertiary/aromatic N) is 3. The van der Waals surface area contributed by atoms with Gasteiger partial charge in [-0.25, -0.2) is 0 Å². The lowest BCUT2D eigenvalue weighted by Gasteiger charge is -2.18. The van der Waals surface area contributed by atoms with Crippen LogP contribution in [0.2, 0.25) is 0 Å². The van der Waals surface area contributed by atoms with E-state index < -0.39 is 9.85 Å². The van der Waals surface area contributed by atoms with Crippen LogP contribution < -0.4 is 5.43 Å². The second-order valence-corrected chi connectivity index (χ2v) is 6.13. The zero-order valence-corrected chi connectivity index (χ0v) is 14.5. The Hall–Kier alpha value is -2.51. The van der Waals surface area contributed by atoms with Gasteiger partial charge in [-0.1, -0.05) is 27.2 Å². The summed E-state index contributed by atoms with van der Waals surface area (Å²) in [5.74, 6) is 1.22. The van der Waals surface area contributed by atoms with Crippen LogP contribution in [-0.4, -0.2) is 15.6 Å². The molecule has 1 aromatic rings. The zero-order valence-electron chi connectivity index (χ0n) is 14.5. The quantitative estimate of drug-likeness (QED) is 0.397. The molecular weight excluding hydrogens is 312 g/mol. The third-order valence-corrected chi connectivity index (χ3v) is 4.10. The molecule has 0 radical (unpaired) electrons. The molecule has 0 saturated heterocycles. The molecule has 0 spiro atoms. The minimum Gasteiger partial charge on any atom is -0.272 e. The summed E-state index contributed by atoms with van der Waals surface area (Å²) in [7, 11) is 0. The van der Waals surface area contributed by atoms with Crippen LogP contribution in [-0.2, 0) is 0 Å². The SMILES string of the molecule is CC[C@H](CC/C(C)=N/Nc1ccc([N+](=O)[O-])cc1[N+](=O)[O-])C(C)C. The summed E-state index contributed by atoms with van der Waals surface area (Å²) in [6.07, 6.45) is 2.91. The Bertz CT molecular complexity index is 629. The summed E-state index contributed by atoms with van der Waals surface area (Å²) >= 11 is 0. The number of non-ortho nitro benzene ring substituents is 1. The second-order valence-electron chi connectivity index (χ2n) is 6.13. The molecule has 0 aliphatic heterocycles. The molecule has 0 aromatic heterocycles. The number of nitrogens with one attached hydrogen (secondary N) is 1. The number of benzene rings is 1. The number of anilines is 1. The predicted molar refractivity (Wildman–Crippen MR) is 94.3 cm³/mol. The normalized spacial score (nSPS) is 13.0. The molecule has 0 aliphatic rings. The second kappa shape index (κ2) is 8.95. The van der Waals surface area contributed by atoms with Crippen molar-refractivity contribution in [2.24, 2.45) is 16.9 Å². The van der Waals surface area contributed by atoms with Gasteiger partial charge in [-0.15, -0.1) is 0 Å². The van der Waals surface area contributed by atoms with Crippen molar-refractivity contribution in [3.63, 3.8) is 0 Å². The fourth-order valence-electron chi connectivity index (χ4n) is 2.49. The van der Waals surface area contributed by atoms with Gasteiger partial charge in [0.1, 0.15) is 5.69 Å². The summed E-state index contributed by atoms with van der Waals surface area (Å²) < 4.78 is 0. The standard InChI is InChI=1S/C16H24N4O4/c1-5-13(11(2)3)7-6-12(4)17-18-15-9-8-14(19(21)22)10-16(15)20(23)24/h8-11,13,18H,5-7H2,1-4H3/b17-12+/t13-/m1/s1. The van der Waals surface area contributed by atoms with Gasteiger partial charge in [0.25, 0.3) is 5.69 Å². The molecule has 1 aromatic carbocycles. The van der Waals surface area contributed by atoms with Gasteiger partial charge in [0, 0.05) is 11.8 Å². The van der Waals surface area contributed by atoms with Crippen molar-refractivity contribution in [1.29, 1.82) is 0 Å². The third-order valence-electron chi connectivity index (χ3n) is 4.10. The molecule has 0 amide bonds. The van der Waals surface area contributed by atoms with Gasteiger partial charge < -0.3 is 0 Å². The van der Waals surface area contributed by atoms with Crippen LogP contribution in [0.1, 0.15) is 47.0 Å². The van der Waals surface area contributed by atoms with E-state index in [1.165, 1.54) is 12.1 Å². The van der Waals surface area contributed by atoms with E-state index in [0.29, 0.717) is 11.8 Å². The monoisotopic (exact) mass is 336 g/mol. The maximum absolute atomic E-state index is 11.1. The molecule has 0 heterocycles. The molecule has 0 fully saturated rings. The first-order valence-corrected chi connectivity index (χ1v) is 7.98. The summed E-state index contributed by atoms with van der Waals surface area (Å²) in [6.45, 7) is 8.41. The van der Waals surface area contributed by atoms with E-state index >= 15 is 0 Å². The third kappa shape index (κ3) is 5.60. The number of hydrogen-bond donors (Lipinski definition) is 1. The van der Waals surface area contributed by atoms with Crippen LogP contribution in [0.25, 0.3) is 0 Å². The van der Waals surface area contributed by atoms with Gasteiger partial charge in [-0.05, 0) is 37.7 Å². The number of hydrogen-bond acceptors (Lipinski definition) is 6. The predicted octanol–water partition coefficient (Wildman–Crippen LogP) is 4.75. The van der Waals surface area contributed by atoms with Gasteiger partial charge in [0.2, 0.25) is 0 Å². The van der Waals surface area contributed by atoms with E-state index in [1.54, 1.807) is 0 Å². The highest BCUT2D eigenvalue weighted by atomic mass is 16.6. The van der Waals surface area contributed by atoms with E-state index in [0.717, 1.165) is 31.0 Å². The van der Waals surface area contributed by atoms with Gasteiger partial charge >= 0.3 is 5.69 Å². The zero-order chi connectivity index (χ0) is 18.3. The molecule has 8 heteroatoms. The highest BCUT2D eigenvalue weighted by Crippen LogP contribution is 2.29. The molecule has 132 valence electrons. The number of rotatable bonds is 9. The Morgan fingerprint density at radius 3 is 2.42 bits per heavy atom. The van der Waals surface area contributed by atoms with Crippen LogP contribution in [0.3, 0.4) is 0 Å². The molecule has 1 atom stereocenters. The van der Waals surface area contributed by atoms with E-state index in [2.05, 4.69) is 31.3 Å². The summed E-state index contributed by atoms with van der Waals surface area (Å²) in [5, 5.41) is 26.0.